The highest BCUT2D eigenvalue weighted by Gasteiger charge is 2.10. The number of tetrazole rings is 1. The topological polar surface area (TPSA) is 43.6 Å². The lowest BCUT2D eigenvalue weighted by molar-refractivity contribution is 0.614. The molecule has 1 heterocycles. The lowest BCUT2D eigenvalue weighted by Gasteiger charge is -2.17. The van der Waals surface area contributed by atoms with Gasteiger partial charge in [0.2, 0.25) is 0 Å². The molecule has 0 spiro atoms. The first-order valence-corrected chi connectivity index (χ1v) is 5.34. The average Bonchev–Trinajstić information content (AvgIpc) is 2.34. The molecule has 0 fully saturated rings. The largest absolute Gasteiger partial charge is 0.229 e. The molecule has 0 aromatic carbocycles. The molecule has 5 heteroatoms. The van der Waals surface area contributed by atoms with Crippen LogP contribution in [0.1, 0.15) is 26.6 Å². The van der Waals surface area contributed by atoms with Crippen molar-refractivity contribution in [2.45, 2.75) is 39.0 Å². The van der Waals surface area contributed by atoms with E-state index < -0.39 is 0 Å². The van der Waals surface area contributed by atoms with Crippen LogP contribution in [0.4, 0.5) is 0 Å². The van der Waals surface area contributed by atoms with E-state index in [4.69, 9.17) is 0 Å². The molecule has 0 aliphatic rings. The Bertz CT molecular complexity index is 263. The highest BCUT2D eigenvalue weighted by atomic mass is 32.2. The second-order valence-electron chi connectivity index (χ2n) is 3.91. The fraction of sp³-hybridized carbons (Fsp3) is 0.875. The first-order chi connectivity index (χ1) is 5.99. The molecule has 0 atom stereocenters. The van der Waals surface area contributed by atoms with Gasteiger partial charge in [0.15, 0.2) is 0 Å². The Labute approximate surface area is 83.1 Å². The van der Waals surface area contributed by atoms with Crippen molar-refractivity contribution in [2.24, 2.45) is 0 Å². The Morgan fingerprint density at radius 3 is 2.54 bits per heavy atom. The third-order valence-corrected chi connectivity index (χ3v) is 2.80. The molecule has 0 radical (unpaired) electrons. The van der Waals surface area contributed by atoms with Crippen LogP contribution in [-0.4, -0.2) is 30.7 Å². The number of nitrogens with zero attached hydrogens (tertiary/aromatic N) is 4. The van der Waals surface area contributed by atoms with Crippen LogP contribution in [0.15, 0.2) is 0 Å². The average molecular weight is 200 g/mol. The summed E-state index contributed by atoms with van der Waals surface area (Å²) in [6.07, 6.45) is 0. The molecule has 1 rings (SSSR count). The van der Waals surface area contributed by atoms with Gasteiger partial charge in [-0.1, -0.05) is 20.8 Å². The number of rotatable bonds is 3. The van der Waals surface area contributed by atoms with Crippen LogP contribution in [0.2, 0.25) is 0 Å². The Kier molecular flexibility index (Phi) is 3.30. The summed E-state index contributed by atoms with van der Waals surface area (Å²) in [6.45, 7) is 9.45. The minimum Gasteiger partial charge on any atom is -0.229 e. The van der Waals surface area contributed by atoms with Gasteiger partial charge in [-0.2, -0.15) is 11.8 Å². The van der Waals surface area contributed by atoms with E-state index in [1.54, 1.807) is 0 Å². The highest BCUT2D eigenvalue weighted by Crippen LogP contribution is 2.22. The minimum absolute atomic E-state index is 0.321. The van der Waals surface area contributed by atoms with E-state index in [0.717, 1.165) is 18.1 Å². The van der Waals surface area contributed by atoms with Gasteiger partial charge in [-0.25, -0.2) is 4.68 Å². The normalized spacial score (nSPS) is 12.0. The van der Waals surface area contributed by atoms with E-state index >= 15 is 0 Å². The molecule has 0 unspecified atom stereocenters. The molecule has 1 aromatic rings. The van der Waals surface area contributed by atoms with Gasteiger partial charge in [0.25, 0.3) is 0 Å². The van der Waals surface area contributed by atoms with E-state index in [2.05, 4.69) is 36.3 Å². The zero-order chi connectivity index (χ0) is 9.90. The van der Waals surface area contributed by atoms with Crippen molar-refractivity contribution in [1.82, 2.24) is 20.2 Å². The Hall–Kier alpha value is -0.580. The summed E-state index contributed by atoms with van der Waals surface area (Å²) < 4.78 is 2.15. The zero-order valence-electron chi connectivity index (χ0n) is 8.61. The van der Waals surface area contributed by atoms with Crippen LogP contribution in [0.25, 0.3) is 0 Å². The monoisotopic (exact) mass is 200 g/mol. The summed E-state index contributed by atoms with van der Waals surface area (Å²) >= 11 is 1.92. The SMILES string of the molecule is Cc1nnnn1CCSC(C)(C)C. The molecule has 1 aromatic heterocycles. The Balaban J connectivity index is 2.32. The van der Waals surface area contributed by atoms with Gasteiger partial charge in [-0.15, -0.1) is 5.10 Å². The fourth-order valence-electron chi connectivity index (χ4n) is 0.894. The van der Waals surface area contributed by atoms with Crippen molar-refractivity contribution in [3.05, 3.63) is 5.82 Å². The maximum absolute atomic E-state index is 3.88. The molecular weight excluding hydrogens is 184 g/mol. The van der Waals surface area contributed by atoms with Crippen LogP contribution in [0.3, 0.4) is 0 Å². The molecule has 0 saturated carbocycles. The van der Waals surface area contributed by atoms with Crippen LogP contribution < -0.4 is 0 Å². The van der Waals surface area contributed by atoms with Crippen molar-refractivity contribution in [3.8, 4) is 0 Å². The lowest BCUT2D eigenvalue weighted by Crippen LogP contribution is -2.12. The van der Waals surface area contributed by atoms with Gasteiger partial charge in [0, 0.05) is 10.5 Å². The molecule has 0 aliphatic heterocycles. The minimum atomic E-state index is 0.321. The Morgan fingerprint density at radius 2 is 2.08 bits per heavy atom. The summed E-state index contributed by atoms with van der Waals surface area (Å²) in [6, 6.07) is 0. The number of aromatic nitrogens is 4. The van der Waals surface area contributed by atoms with Crippen LogP contribution in [-0.2, 0) is 6.54 Å². The molecule has 4 nitrogen and oxygen atoms in total. The maximum Gasteiger partial charge on any atom is 0.148 e. The maximum atomic E-state index is 3.88. The molecule has 74 valence electrons. The third-order valence-electron chi connectivity index (χ3n) is 1.55. The van der Waals surface area contributed by atoms with Crippen molar-refractivity contribution < 1.29 is 0 Å². The van der Waals surface area contributed by atoms with Crippen molar-refractivity contribution >= 4 is 11.8 Å². The number of hydrogen-bond acceptors (Lipinski definition) is 4. The van der Waals surface area contributed by atoms with Crippen molar-refractivity contribution in [2.75, 3.05) is 5.75 Å². The lowest BCUT2D eigenvalue weighted by atomic mass is 10.3. The summed E-state index contributed by atoms with van der Waals surface area (Å²) in [4.78, 5) is 0. The second kappa shape index (κ2) is 4.09. The van der Waals surface area contributed by atoms with Gasteiger partial charge in [-0.3, -0.25) is 0 Å². The Morgan fingerprint density at radius 1 is 1.38 bits per heavy atom. The van der Waals surface area contributed by atoms with E-state index in [-0.39, 0.29) is 0 Å². The van der Waals surface area contributed by atoms with Gasteiger partial charge >= 0.3 is 0 Å². The summed E-state index contributed by atoms with van der Waals surface area (Å²) in [5, 5.41) is 11.3. The van der Waals surface area contributed by atoms with Gasteiger partial charge < -0.3 is 0 Å². The van der Waals surface area contributed by atoms with E-state index in [0.29, 0.717) is 4.75 Å². The van der Waals surface area contributed by atoms with Gasteiger partial charge in [0.1, 0.15) is 5.82 Å². The fourth-order valence-corrected chi connectivity index (χ4v) is 1.77. The van der Waals surface area contributed by atoms with E-state index in [9.17, 15) is 0 Å². The number of aryl methyl sites for hydroxylation is 2. The molecule has 0 aliphatic carbocycles. The summed E-state index contributed by atoms with van der Waals surface area (Å²) in [5.41, 5.74) is 0. The van der Waals surface area contributed by atoms with Gasteiger partial charge in [0.05, 0.1) is 6.54 Å². The van der Waals surface area contributed by atoms with Crippen LogP contribution in [0.5, 0.6) is 0 Å². The number of hydrogen-bond donors (Lipinski definition) is 0. The van der Waals surface area contributed by atoms with Crippen molar-refractivity contribution in [3.63, 3.8) is 0 Å². The highest BCUT2D eigenvalue weighted by molar-refractivity contribution is 8.00. The van der Waals surface area contributed by atoms with E-state index in [1.165, 1.54) is 0 Å². The predicted octanol–water partition coefficient (Wildman–Crippen LogP) is 1.51. The van der Waals surface area contributed by atoms with Crippen LogP contribution in [0, 0.1) is 6.92 Å². The second-order valence-corrected chi connectivity index (χ2v) is 5.83. The zero-order valence-corrected chi connectivity index (χ0v) is 9.43. The standard InChI is InChI=1S/C8H16N4S/c1-7-9-10-11-12(7)5-6-13-8(2,3)4/h5-6H2,1-4H3. The first kappa shape index (κ1) is 10.5. The molecular formula is C8H16N4S. The summed E-state index contributed by atoms with van der Waals surface area (Å²) in [7, 11) is 0. The molecule has 0 amide bonds. The van der Waals surface area contributed by atoms with E-state index in [1.807, 2.05) is 23.4 Å². The molecule has 0 bridgehead atoms. The van der Waals surface area contributed by atoms with Gasteiger partial charge in [-0.05, 0) is 17.4 Å². The smallest absolute Gasteiger partial charge is 0.148 e. The molecule has 13 heavy (non-hydrogen) atoms. The summed E-state index contributed by atoms with van der Waals surface area (Å²) in [5.74, 6) is 1.93. The molecule has 0 saturated heterocycles. The van der Waals surface area contributed by atoms with Crippen molar-refractivity contribution in [1.29, 1.82) is 0 Å². The first-order valence-electron chi connectivity index (χ1n) is 4.36. The van der Waals surface area contributed by atoms with Crippen LogP contribution >= 0.6 is 11.8 Å². The number of thioether (sulfide) groups is 1. The predicted molar refractivity (Wildman–Crippen MR) is 54.8 cm³/mol. The molecule has 0 N–H and O–H groups in total. The quantitative estimate of drug-likeness (QED) is 0.742. The third kappa shape index (κ3) is 3.76.